The molecule has 0 radical (unpaired) electrons. The Balaban J connectivity index is 2.26. The van der Waals surface area contributed by atoms with Gasteiger partial charge < -0.3 is 0 Å². The minimum Gasteiger partial charge on any atom is -0.277 e. The van der Waals surface area contributed by atoms with Crippen LogP contribution in [0.5, 0.6) is 0 Å². The van der Waals surface area contributed by atoms with E-state index in [-0.39, 0.29) is 16.2 Å². The molecule has 0 saturated carbocycles. The van der Waals surface area contributed by atoms with Crippen molar-refractivity contribution >= 4 is 9.84 Å². The van der Waals surface area contributed by atoms with Crippen molar-refractivity contribution in [1.82, 2.24) is 10.2 Å². The van der Waals surface area contributed by atoms with Crippen molar-refractivity contribution in [3.05, 3.63) is 60.3 Å². The van der Waals surface area contributed by atoms with Gasteiger partial charge >= 0.3 is 12.1 Å². The number of H-pyrrole nitrogens is 1. The minimum atomic E-state index is -5.85. The number of nitrogens with one attached hydrogen (secondary N) is 1. The van der Waals surface area contributed by atoms with Crippen LogP contribution in [-0.4, -0.2) is 31.0 Å². The lowest BCUT2D eigenvalue weighted by Gasteiger charge is -2.19. The minimum absolute atomic E-state index is 0.0288. The molecule has 0 aliphatic rings. The maximum atomic E-state index is 14.1. The Labute approximate surface area is 156 Å². The summed E-state index contributed by atoms with van der Waals surface area (Å²) >= 11 is 0. The van der Waals surface area contributed by atoms with Gasteiger partial charge in [0.15, 0.2) is 9.84 Å². The van der Waals surface area contributed by atoms with Gasteiger partial charge in [0.25, 0.3) is 0 Å². The lowest BCUT2D eigenvalue weighted by molar-refractivity contribution is -0.290. The monoisotopic (exact) mass is 416 g/mol. The van der Waals surface area contributed by atoms with Gasteiger partial charge in [-0.25, -0.2) is 8.42 Å². The Morgan fingerprint density at radius 2 is 1.43 bits per heavy atom. The number of sulfone groups is 1. The van der Waals surface area contributed by atoms with Gasteiger partial charge in [-0.2, -0.15) is 27.1 Å². The smallest absolute Gasteiger partial charge is 0.277 e. The van der Waals surface area contributed by atoms with Crippen LogP contribution in [0.25, 0.3) is 22.4 Å². The summed E-state index contributed by atoms with van der Waals surface area (Å²) in [6.07, 6.45) is -4.89. The molecule has 4 nitrogen and oxygen atoms in total. The van der Waals surface area contributed by atoms with Crippen LogP contribution in [-0.2, 0) is 15.8 Å². The Morgan fingerprint density at radius 3 is 1.93 bits per heavy atom. The summed E-state index contributed by atoms with van der Waals surface area (Å²) < 4.78 is 90.3. The van der Waals surface area contributed by atoms with Crippen LogP contribution in [0.15, 0.2) is 59.5 Å². The molecule has 1 N–H and O–H groups in total. The highest BCUT2D eigenvalue weighted by atomic mass is 32.2. The second-order valence-corrected chi connectivity index (χ2v) is 8.07. The Hall–Kier alpha value is -2.75. The number of aromatic amines is 1. The third-order valence-corrected chi connectivity index (χ3v) is 5.18. The van der Waals surface area contributed by atoms with Crippen molar-refractivity contribution in [2.75, 3.05) is 6.26 Å². The average Bonchev–Trinajstić information content (AvgIpc) is 3.06. The van der Waals surface area contributed by atoms with Crippen molar-refractivity contribution in [1.29, 1.82) is 0 Å². The molecule has 0 bridgehead atoms. The van der Waals surface area contributed by atoms with Crippen LogP contribution in [0.2, 0.25) is 0 Å². The van der Waals surface area contributed by atoms with Crippen LogP contribution in [0.3, 0.4) is 0 Å². The quantitative estimate of drug-likeness (QED) is 0.622. The molecule has 148 valence electrons. The molecule has 3 rings (SSSR count). The molecule has 0 atom stereocenters. The maximum absolute atomic E-state index is 14.1. The van der Waals surface area contributed by atoms with E-state index in [1.54, 1.807) is 18.2 Å². The largest absolute Gasteiger partial charge is 0.459 e. The number of benzene rings is 2. The molecule has 3 aromatic rings. The summed E-state index contributed by atoms with van der Waals surface area (Å²) in [4.78, 5) is -0.0925. The van der Waals surface area contributed by atoms with Crippen LogP contribution in [0.1, 0.15) is 5.69 Å². The number of rotatable bonds is 4. The molecule has 0 fully saturated rings. The van der Waals surface area contributed by atoms with Crippen LogP contribution in [0.4, 0.5) is 22.0 Å². The van der Waals surface area contributed by atoms with Gasteiger partial charge in [-0.3, -0.25) is 5.10 Å². The molecule has 1 aromatic heterocycles. The van der Waals surface area contributed by atoms with Crippen LogP contribution >= 0.6 is 0 Å². The van der Waals surface area contributed by atoms with E-state index in [1.165, 1.54) is 24.3 Å². The first kappa shape index (κ1) is 20.0. The Bertz CT molecular complexity index is 1090. The van der Waals surface area contributed by atoms with Gasteiger partial charge in [0, 0.05) is 17.4 Å². The normalized spacial score (nSPS) is 12.9. The number of hydrogen-bond donors (Lipinski definition) is 1. The first-order valence-corrected chi connectivity index (χ1v) is 9.71. The van der Waals surface area contributed by atoms with Gasteiger partial charge in [-0.15, -0.1) is 0 Å². The summed E-state index contributed by atoms with van der Waals surface area (Å²) in [5, 5.41) is 5.53. The van der Waals surface area contributed by atoms with E-state index in [2.05, 4.69) is 10.2 Å². The fourth-order valence-corrected chi connectivity index (χ4v) is 3.30. The van der Waals surface area contributed by atoms with Crippen molar-refractivity contribution < 1.29 is 30.4 Å². The number of nitrogens with zero attached hydrogens (tertiary/aromatic N) is 1. The van der Waals surface area contributed by atoms with E-state index < -0.39 is 33.2 Å². The first-order chi connectivity index (χ1) is 12.9. The van der Waals surface area contributed by atoms with E-state index in [1.807, 2.05) is 0 Å². The molecule has 0 unspecified atom stereocenters. The fourth-order valence-electron chi connectivity index (χ4n) is 2.67. The molecule has 10 heteroatoms. The van der Waals surface area contributed by atoms with E-state index >= 15 is 0 Å². The highest BCUT2D eigenvalue weighted by Gasteiger charge is 2.61. The van der Waals surface area contributed by atoms with E-state index in [4.69, 9.17) is 0 Å². The van der Waals surface area contributed by atoms with Gasteiger partial charge in [0.1, 0.15) is 5.69 Å². The zero-order valence-corrected chi connectivity index (χ0v) is 15.1. The molecule has 1 heterocycles. The summed E-state index contributed by atoms with van der Waals surface area (Å²) in [6, 6.07) is 12.5. The molecular formula is C18H13F5N2O2S. The summed E-state index contributed by atoms with van der Waals surface area (Å²) in [5.41, 5.74) is -1.65. The van der Waals surface area contributed by atoms with Crippen molar-refractivity contribution in [2.24, 2.45) is 0 Å². The fraction of sp³-hybridized carbons (Fsp3) is 0.167. The number of alkyl halides is 5. The lowest BCUT2D eigenvalue weighted by atomic mass is 9.96. The topological polar surface area (TPSA) is 62.8 Å². The molecule has 2 aromatic carbocycles. The summed E-state index contributed by atoms with van der Waals surface area (Å²) in [5.74, 6) is -5.21. The summed E-state index contributed by atoms with van der Waals surface area (Å²) in [7, 11) is -3.56. The second-order valence-electron chi connectivity index (χ2n) is 6.06. The van der Waals surface area contributed by atoms with Gasteiger partial charge in [-0.05, 0) is 17.7 Å². The molecular weight excluding hydrogens is 403 g/mol. The predicted octanol–water partition coefficient (Wildman–Crippen LogP) is 4.80. The standard InChI is InChI=1S/C18H13F5N2O2S/c1-28(26,27)13-9-7-11(8-10-13)14-15(12-5-3-2-4-6-12)24-25-16(14)17(19,20)18(21,22)23/h2-10H,1H3,(H,24,25). The first-order valence-electron chi connectivity index (χ1n) is 7.82. The highest BCUT2D eigenvalue weighted by Crippen LogP contribution is 2.48. The number of hydrogen-bond acceptors (Lipinski definition) is 3. The zero-order valence-electron chi connectivity index (χ0n) is 14.3. The molecule has 0 amide bonds. The highest BCUT2D eigenvalue weighted by molar-refractivity contribution is 7.90. The maximum Gasteiger partial charge on any atom is 0.459 e. The Kier molecular flexibility index (Phi) is 4.78. The Morgan fingerprint density at radius 1 is 0.857 bits per heavy atom. The molecule has 0 aliphatic carbocycles. The van der Waals surface area contributed by atoms with Crippen molar-refractivity contribution in [3.63, 3.8) is 0 Å². The third-order valence-electron chi connectivity index (χ3n) is 4.05. The van der Waals surface area contributed by atoms with Crippen molar-refractivity contribution in [3.8, 4) is 22.4 Å². The average molecular weight is 416 g/mol. The summed E-state index contributed by atoms with van der Waals surface area (Å²) in [6.45, 7) is 0. The van der Waals surface area contributed by atoms with Crippen LogP contribution < -0.4 is 0 Å². The third kappa shape index (κ3) is 3.51. The molecule has 0 saturated heterocycles. The zero-order chi connectivity index (χ0) is 20.7. The molecule has 0 aliphatic heterocycles. The number of aromatic nitrogens is 2. The van der Waals surface area contributed by atoms with Gasteiger partial charge in [0.2, 0.25) is 0 Å². The van der Waals surface area contributed by atoms with Crippen molar-refractivity contribution in [2.45, 2.75) is 17.0 Å². The molecule has 0 spiro atoms. The number of halogens is 5. The lowest BCUT2D eigenvalue weighted by Crippen LogP contribution is -2.34. The van der Waals surface area contributed by atoms with Crippen LogP contribution in [0, 0.1) is 0 Å². The predicted molar refractivity (Wildman–Crippen MR) is 92.5 cm³/mol. The SMILES string of the molecule is CS(=O)(=O)c1ccc(-c2c(C(F)(F)C(F)(F)F)n[nH]c2-c2ccccc2)cc1. The van der Waals surface area contributed by atoms with E-state index in [0.717, 1.165) is 18.4 Å². The molecule has 28 heavy (non-hydrogen) atoms. The second kappa shape index (κ2) is 6.69. The van der Waals surface area contributed by atoms with Gasteiger partial charge in [0.05, 0.1) is 10.6 Å². The van der Waals surface area contributed by atoms with E-state index in [0.29, 0.717) is 5.56 Å². The van der Waals surface area contributed by atoms with Gasteiger partial charge in [-0.1, -0.05) is 42.5 Å². The van der Waals surface area contributed by atoms with E-state index in [9.17, 15) is 30.4 Å².